The molecule has 8 aromatic rings. The number of aromatic nitrogens is 2. The Morgan fingerprint density at radius 1 is 0.470 bits per heavy atom. The number of rotatable bonds is 20. The van der Waals surface area contributed by atoms with Gasteiger partial charge in [-0.15, -0.1) is 0 Å². The third-order valence-corrected chi connectivity index (χ3v) is 13.5. The second kappa shape index (κ2) is 25.8. The topological polar surface area (TPSA) is 278 Å². The number of ether oxygens (including phenoxy) is 6. The molecule has 4 amide bonds. The number of hydrogen-bond donors (Lipinski definition) is 4. The molecule has 0 aliphatic heterocycles. The number of nitrogens with one attached hydrogen (secondary N) is 4. The van der Waals surface area contributed by atoms with Gasteiger partial charge in [0, 0.05) is 58.0 Å². The van der Waals surface area contributed by atoms with Crippen LogP contribution in [0.1, 0.15) is 25.7 Å². The van der Waals surface area contributed by atoms with Crippen LogP contribution in [0.2, 0.25) is 10.0 Å². The summed E-state index contributed by atoms with van der Waals surface area (Å²) in [6, 6.07) is 29.3. The summed E-state index contributed by atoms with van der Waals surface area (Å²) >= 11 is 12.9. The Balaban J connectivity index is 0.000000214. The summed E-state index contributed by atoms with van der Waals surface area (Å²) in [5.74, 6) is -3.34. The predicted molar refractivity (Wildman–Crippen MR) is 297 cm³/mol. The van der Waals surface area contributed by atoms with Gasteiger partial charge in [0.25, 0.3) is 0 Å². The number of carbonyl (C=O) groups is 6. The second-order valence-corrected chi connectivity index (χ2v) is 19.3. The summed E-state index contributed by atoms with van der Waals surface area (Å²) in [5, 5.41) is 33.8. The average molecular weight is 1180 g/mol. The van der Waals surface area contributed by atoms with Gasteiger partial charge in [0.15, 0.2) is 23.0 Å². The van der Waals surface area contributed by atoms with Gasteiger partial charge in [0.05, 0.1) is 47.2 Å². The first-order valence-electron chi connectivity index (χ1n) is 24.7. The van der Waals surface area contributed by atoms with Gasteiger partial charge in [0.2, 0.25) is 23.6 Å². The number of hydrogen-bond acceptors (Lipinski definition) is 16. The molecule has 0 saturated heterocycles. The van der Waals surface area contributed by atoms with Crippen molar-refractivity contribution in [1.82, 2.24) is 9.97 Å². The molecule has 20 nitrogen and oxygen atoms in total. The smallest absolute Gasteiger partial charge is 0.546 e. The van der Waals surface area contributed by atoms with Crippen molar-refractivity contribution in [3.8, 4) is 46.0 Å². The van der Waals surface area contributed by atoms with Crippen molar-refractivity contribution in [3.05, 3.63) is 155 Å². The fourth-order valence-electron chi connectivity index (χ4n) is 8.25. The van der Waals surface area contributed by atoms with Crippen LogP contribution in [0.25, 0.3) is 21.8 Å². The number of amides is 4. The predicted octanol–water partition coefficient (Wildman–Crippen LogP) is 8.25. The molecule has 0 radical (unpaired) electrons. The van der Waals surface area contributed by atoms with Crippen molar-refractivity contribution in [2.75, 3.05) is 48.7 Å². The Hall–Kier alpha value is -9.03. The van der Waals surface area contributed by atoms with Crippen LogP contribution in [0.15, 0.2) is 134 Å². The minimum atomic E-state index is -1.38. The Bertz CT molecular complexity index is 3570. The number of fused-ring (bicyclic) bond motifs is 2. The standard InChI is InChI=1S/2C29H23ClFN3O7.Mg/c2*1-39-24-13-19-21(14-25(24)40-15-26(35)36)32-11-8-22(19)41-23-7-6-18(12-20(23)30)34-28(38)29(9-10-29)27(37)33-17-4-2-16(31)3-5-17;/h2*2-8,11-14H,9-10,15H2,1H3,(H,33,37)(H,34,38)(H,35,36);/q;;+2/p-2. The van der Waals surface area contributed by atoms with Gasteiger partial charge in [-0.1, -0.05) is 23.2 Å². The van der Waals surface area contributed by atoms with Gasteiger partial charge in [-0.3, -0.25) is 29.1 Å². The Morgan fingerprint density at radius 2 is 0.807 bits per heavy atom. The van der Waals surface area contributed by atoms with E-state index in [1.54, 1.807) is 48.5 Å². The summed E-state index contributed by atoms with van der Waals surface area (Å²) < 4.78 is 59.5. The molecule has 2 aliphatic carbocycles. The quantitative estimate of drug-likeness (QED) is 0.0413. The molecule has 10 rings (SSSR count). The maximum absolute atomic E-state index is 13.2. The van der Waals surface area contributed by atoms with E-state index in [0.29, 0.717) is 81.7 Å². The van der Waals surface area contributed by atoms with Gasteiger partial charge < -0.3 is 69.5 Å². The number of carboxylic acids is 2. The molecule has 420 valence electrons. The largest absolute Gasteiger partial charge is 2.00 e. The zero-order valence-electron chi connectivity index (χ0n) is 43.8. The molecule has 0 bridgehead atoms. The number of anilines is 4. The third kappa shape index (κ3) is 14.2. The van der Waals surface area contributed by atoms with E-state index in [-0.39, 0.29) is 67.6 Å². The van der Waals surface area contributed by atoms with Gasteiger partial charge in [0.1, 0.15) is 58.7 Å². The van der Waals surface area contributed by atoms with Crippen molar-refractivity contribution in [1.29, 1.82) is 0 Å². The normalized spacial score (nSPS) is 13.1. The fraction of sp³-hybridized carbons (Fsp3) is 0.172. The number of benzene rings is 6. The van der Waals surface area contributed by atoms with Gasteiger partial charge in [-0.25, -0.2) is 8.78 Å². The minimum Gasteiger partial charge on any atom is -0.546 e. The number of carbonyl (C=O) groups excluding carboxylic acids is 6. The Kier molecular flexibility index (Phi) is 18.7. The minimum absolute atomic E-state index is 0. The fourth-order valence-corrected chi connectivity index (χ4v) is 8.68. The van der Waals surface area contributed by atoms with E-state index >= 15 is 0 Å². The zero-order valence-corrected chi connectivity index (χ0v) is 46.7. The molecule has 0 unspecified atom stereocenters. The molecule has 2 aromatic heterocycles. The van der Waals surface area contributed by atoms with Gasteiger partial charge in [-0.2, -0.15) is 0 Å². The van der Waals surface area contributed by atoms with E-state index in [1.165, 1.54) is 99.4 Å². The Labute approximate surface area is 496 Å². The van der Waals surface area contributed by atoms with Crippen LogP contribution >= 0.6 is 23.2 Å². The molecular formula is C58H44Cl2F2MgN6O14. The molecular weight excluding hydrogens is 1140 g/mol. The summed E-state index contributed by atoms with van der Waals surface area (Å²) in [4.78, 5) is 81.8. The summed E-state index contributed by atoms with van der Waals surface area (Å²) in [6.07, 6.45) is 4.50. The van der Waals surface area contributed by atoms with Crippen LogP contribution in [0, 0.1) is 22.5 Å². The second-order valence-electron chi connectivity index (χ2n) is 18.5. The third-order valence-electron chi connectivity index (χ3n) is 12.9. The number of methoxy groups -OCH3 is 2. The first kappa shape index (κ1) is 60.1. The van der Waals surface area contributed by atoms with Crippen molar-refractivity contribution in [2.24, 2.45) is 10.8 Å². The van der Waals surface area contributed by atoms with Crippen LogP contribution < -0.4 is 59.9 Å². The molecule has 83 heavy (non-hydrogen) atoms. The van der Waals surface area contributed by atoms with Crippen LogP contribution in [-0.4, -0.2) is 96.0 Å². The monoisotopic (exact) mass is 1180 g/mol. The summed E-state index contributed by atoms with van der Waals surface area (Å²) in [5.41, 5.74) is -0.0440. The van der Waals surface area contributed by atoms with E-state index in [4.69, 9.17) is 51.6 Å². The van der Waals surface area contributed by atoms with Gasteiger partial charge in [-0.05, 0) is 135 Å². The van der Waals surface area contributed by atoms with Crippen LogP contribution in [0.3, 0.4) is 0 Å². The molecule has 0 spiro atoms. The van der Waals surface area contributed by atoms with Crippen molar-refractivity contribution in [2.45, 2.75) is 25.7 Å². The van der Waals surface area contributed by atoms with E-state index in [1.807, 2.05) is 0 Å². The molecule has 2 saturated carbocycles. The van der Waals surface area contributed by atoms with Crippen LogP contribution in [0.4, 0.5) is 31.5 Å². The molecule has 2 aliphatic rings. The molecule has 2 heterocycles. The van der Waals surface area contributed by atoms with E-state index in [0.717, 1.165) is 0 Å². The SMILES string of the molecule is COc1cc2c(Oc3ccc(NC(=O)C4(C(=O)Nc5ccc(F)cc5)CC4)cc3Cl)ccnc2cc1OCC(=O)[O-].COc1cc2c(Oc3ccc(NC(=O)C4(C(=O)Nc5ccc(F)cc5)CC4)cc3Cl)ccnc2cc1OCC(=O)[O-].[Mg+2]. The van der Waals surface area contributed by atoms with E-state index < -0.39 is 71.2 Å². The average Bonchev–Trinajstić information content (AvgIpc) is 3.59. The number of carboxylic acid groups (broad SMARTS) is 2. The summed E-state index contributed by atoms with van der Waals surface area (Å²) in [6.45, 7) is -1.31. The first-order valence-corrected chi connectivity index (χ1v) is 25.4. The van der Waals surface area contributed by atoms with Crippen molar-refractivity contribution >= 4 is 126 Å². The number of nitrogens with zero attached hydrogens (tertiary/aromatic N) is 2. The summed E-state index contributed by atoms with van der Waals surface area (Å²) in [7, 11) is 2.82. The molecule has 0 atom stereocenters. The van der Waals surface area contributed by atoms with Crippen molar-refractivity contribution < 1.29 is 76.2 Å². The maximum Gasteiger partial charge on any atom is 2.00 e. The first-order chi connectivity index (χ1) is 39.4. The van der Waals surface area contributed by atoms with E-state index in [9.17, 15) is 47.8 Å². The molecule has 2 fully saturated rings. The Morgan fingerprint density at radius 3 is 1.12 bits per heavy atom. The number of aliphatic carboxylic acids is 2. The van der Waals surface area contributed by atoms with Crippen molar-refractivity contribution in [3.63, 3.8) is 0 Å². The van der Waals surface area contributed by atoms with Gasteiger partial charge >= 0.3 is 23.1 Å². The van der Waals surface area contributed by atoms with Crippen LogP contribution in [-0.2, 0) is 28.8 Å². The number of pyridine rings is 2. The molecule has 4 N–H and O–H groups in total. The number of halogens is 4. The maximum atomic E-state index is 13.2. The zero-order chi connectivity index (χ0) is 58.3. The van der Waals surface area contributed by atoms with Crippen LogP contribution in [0.5, 0.6) is 46.0 Å². The van der Waals surface area contributed by atoms with E-state index in [2.05, 4.69) is 31.2 Å². The molecule has 25 heteroatoms. The molecule has 6 aromatic carbocycles.